The molecule has 0 saturated heterocycles. The predicted octanol–water partition coefficient (Wildman–Crippen LogP) is 3.41. The molecule has 5 nitrogen and oxygen atoms in total. The number of amides is 2. The first-order valence-corrected chi connectivity index (χ1v) is 8.11. The highest BCUT2D eigenvalue weighted by atomic mass is 16.5. The van der Waals surface area contributed by atoms with Gasteiger partial charge in [0, 0.05) is 0 Å². The third kappa shape index (κ3) is 4.83. The lowest BCUT2D eigenvalue weighted by Gasteiger charge is -2.19. The maximum absolute atomic E-state index is 12.1. The summed E-state index contributed by atoms with van der Waals surface area (Å²) in [5.74, 6) is -0.317. The lowest BCUT2D eigenvalue weighted by Crippen LogP contribution is -2.23. The molecule has 132 valence electrons. The SMILES string of the molecule is Cc1cccc(NC(=O)COc2ccc(C(C)(C)C)cc2)c1C(N)=O. The Morgan fingerprint density at radius 3 is 2.28 bits per heavy atom. The highest BCUT2D eigenvalue weighted by Crippen LogP contribution is 2.24. The summed E-state index contributed by atoms with van der Waals surface area (Å²) in [6.45, 7) is 8.02. The van der Waals surface area contributed by atoms with E-state index in [2.05, 4.69) is 26.1 Å². The zero-order chi connectivity index (χ0) is 18.6. The number of carbonyl (C=O) groups excluding carboxylic acids is 2. The number of hydrogen-bond acceptors (Lipinski definition) is 3. The molecule has 0 aliphatic carbocycles. The molecule has 25 heavy (non-hydrogen) atoms. The molecule has 0 aliphatic heterocycles. The Labute approximate surface area is 148 Å². The van der Waals surface area contributed by atoms with Crippen molar-refractivity contribution in [1.29, 1.82) is 0 Å². The van der Waals surface area contributed by atoms with Crippen molar-refractivity contribution in [3.8, 4) is 5.75 Å². The van der Waals surface area contributed by atoms with Gasteiger partial charge in [0.05, 0.1) is 11.3 Å². The number of anilines is 1. The Bertz CT molecular complexity index is 775. The minimum atomic E-state index is -0.577. The maximum Gasteiger partial charge on any atom is 0.262 e. The fraction of sp³-hybridized carbons (Fsp3) is 0.300. The second-order valence-electron chi connectivity index (χ2n) is 6.97. The Hall–Kier alpha value is -2.82. The maximum atomic E-state index is 12.1. The molecule has 0 atom stereocenters. The molecule has 0 fully saturated rings. The number of ether oxygens (including phenoxy) is 1. The third-order valence-electron chi connectivity index (χ3n) is 3.88. The molecule has 0 saturated carbocycles. The molecule has 0 bridgehead atoms. The summed E-state index contributed by atoms with van der Waals surface area (Å²) in [7, 11) is 0. The topological polar surface area (TPSA) is 81.4 Å². The number of benzene rings is 2. The van der Waals surface area contributed by atoms with Gasteiger partial charge in [-0.1, -0.05) is 45.0 Å². The van der Waals surface area contributed by atoms with E-state index < -0.39 is 5.91 Å². The molecule has 0 unspecified atom stereocenters. The molecular weight excluding hydrogens is 316 g/mol. The number of primary amides is 1. The van der Waals surface area contributed by atoms with E-state index in [1.807, 2.05) is 24.3 Å². The van der Waals surface area contributed by atoms with Crippen LogP contribution in [0, 0.1) is 6.92 Å². The fourth-order valence-corrected chi connectivity index (χ4v) is 2.49. The summed E-state index contributed by atoms with van der Waals surface area (Å²) < 4.78 is 5.51. The van der Waals surface area contributed by atoms with Crippen LogP contribution in [-0.4, -0.2) is 18.4 Å². The van der Waals surface area contributed by atoms with E-state index in [0.717, 1.165) is 0 Å². The Morgan fingerprint density at radius 1 is 1.08 bits per heavy atom. The second kappa shape index (κ2) is 7.38. The summed E-state index contributed by atoms with van der Waals surface area (Å²) >= 11 is 0. The lowest BCUT2D eigenvalue weighted by atomic mass is 9.87. The monoisotopic (exact) mass is 340 g/mol. The molecule has 5 heteroatoms. The Kier molecular flexibility index (Phi) is 5.47. The standard InChI is InChI=1S/C20H24N2O3/c1-13-6-5-7-16(18(13)19(21)24)22-17(23)12-25-15-10-8-14(9-11-15)20(2,3)4/h5-11H,12H2,1-4H3,(H2,21,24)(H,22,23). The van der Waals surface area contributed by atoms with Gasteiger partial charge in [-0.05, 0) is 41.7 Å². The number of nitrogens with one attached hydrogen (secondary N) is 1. The van der Waals surface area contributed by atoms with Crippen LogP contribution in [0.3, 0.4) is 0 Å². The highest BCUT2D eigenvalue weighted by molar-refractivity contribution is 6.04. The van der Waals surface area contributed by atoms with Crippen molar-refractivity contribution in [3.05, 3.63) is 59.2 Å². The van der Waals surface area contributed by atoms with Gasteiger partial charge in [-0.25, -0.2) is 0 Å². The van der Waals surface area contributed by atoms with Gasteiger partial charge in [0.1, 0.15) is 5.75 Å². The largest absolute Gasteiger partial charge is 0.484 e. The normalized spacial score (nSPS) is 11.0. The number of nitrogens with two attached hydrogens (primary N) is 1. The van der Waals surface area contributed by atoms with Crippen molar-refractivity contribution < 1.29 is 14.3 Å². The Morgan fingerprint density at radius 2 is 1.72 bits per heavy atom. The van der Waals surface area contributed by atoms with Crippen LogP contribution in [0.25, 0.3) is 0 Å². The zero-order valence-electron chi connectivity index (χ0n) is 15.1. The van der Waals surface area contributed by atoms with Crippen molar-refractivity contribution in [3.63, 3.8) is 0 Å². The van der Waals surface area contributed by atoms with Crippen molar-refractivity contribution in [2.75, 3.05) is 11.9 Å². The minimum absolute atomic E-state index is 0.0617. The fourth-order valence-electron chi connectivity index (χ4n) is 2.49. The quantitative estimate of drug-likeness (QED) is 0.875. The number of carbonyl (C=O) groups is 2. The highest BCUT2D eigenvalue weighted by Gasteiger charge is 2.15. The number of rotatable bonds is 5. The van der Waals surface area contributed by atoms with Crippen molar-refractivity contribution in [2.24, 2.45) is 5.73 Å². The van der Waals surface area contributed by atoms with E-state index in [1.165, 1.54) is 5.56 Å². The van der Waals surface area contributed by atoms with E-state index in [4.69, 9.17) is 10.5 Å². The van der Waals surface area contributed by atoms with E-state index >= 15 is 0 Å². The van der Waals surface area contributed by atoms with Crippen LogP contribution >= 0.6 is 0 Å². The first-order chi connectivity index (χ1) is 11.7. The van der Waals surface area contributed by atoms with Gasteiger partial charge in [0.15, 0.2) is 6.61 Å². The van der Waals surface area contributed by atoms with E-state index in [9.17, 15) is 9.59 Å². The van der Waals surface area contributed by atoms with E-state index in [-0.39, 0.29) is 17.9 Å². The van der Waals surface area contributed by atoms with Crippen LogP contribution < -0.4 is 15.8 Å². The van der Waals surface area contributed by atoms with Gasteiger partial charge >= 0.3 is 0 Å². The number of aryl methyl sites for hydroxylation is 1. The summed E-state index contributed by atoms with van der Waals surface area (Å²) in [6.07, 6.45) is 0. The third-order valence-corrected chi connectivity index (χ3v) is 3.88. The zero-order valence-corrected chi connectivity index (χ0v) is 15.1. The van der Waals surface area contributed by atoms with Crippen molar-refractivity contribution in [1.82, 2.24) is 0 Å². The van der Waals surface area contributed by atoms with Crippen LogP contribution in [0.15, 0.2) is 42.5 Å². The molecule has 0 aromatic heterocycles. The molecule has 2 aromatic rings. The molecular formula is C20H24N2O3. The predicted molar refractivity (Wildman–Crippen MR) is 99.0 cm³/mol. The van der Waals surface area contributed by atoms with Crippen LogP contribution in [0.2, 0.25) is 0 Å². The molecule has 0 radical (unpaired) electrons. The summed E-state index contributed by atoms with van der Waals surface area (Å²) in [5.41, 5.74) is 8.05. The van der Waals surface area contributed by atoms with Crippen LogP contribution in [0.5, 0.6) is 5.75 Å². The van der Waals surface area contributed by atoms with Gasteiger partial charge in [-0.15, -0.1) is 0 Å². The summed E-state index contributed by atoms with van der Waals surface area (Å²) in [5, 5.41) is 2.67. The molecule has 2 rings (SSSR count). The second-order valence-corrected chi connectivity index (χ2v) is 6.97. The summed E-state index contributed by atoms with van der Waals surface area (Å²) in [6, 6.07) is 12.8. The van der Waals surface area contributed by atoms with Gasteiger partial charge in [-0.3, -0.25) is 9.59 Å². The molecule has 0 heterocycles. The molecule has 0 aliphatic rings. The van der Waals surface area contributed by atoms with Gasteiger partial charge in [-0.2, -0.15) is 0 Å². The van der Waals surface area contributed by atoms with E-state index in [0.29, 0.717) is 22.6 Å². The van der Waals surface area contributed by atoms with Crippen molar-refractivity contribution >= 4 is 17.5 Å². The number of hydrogen-bond donors (Lipinski definition) is 2. The van der Waals surface area contributed by atoms with Crippen LogP contribution in [-0.2, 0) is 10.2 Å². The first-order valence-electron chi connectivity index (χ1n) is 8.11. The van der Waals surface area contributed by atoms with Crippen LogP contribution in [0.1, 0.15) is 42.3 Å². The van der Waals surface area contributed by atoms with Gasteiger partial charge < -0.3 is 15.8 Å². The van der Waals surface area contributed by atoms with Gasteiger partial charge in [0.25, 0.3) is 11.8 Å². The van der Waals surface area contributed by atoms with Gasteiger partial charge in [0.2, 0.25) is 0 Å². The molecule has 3 N–H and O–H groups in total. The van der Waals surface area contributed by atoms with Crippen molar-refractivity contribution in [2.45, 2.75) is 33.1 Å². The molecule has 2 amide bonds. The smallest absolute Gasteiger partial charge is 0.262 e. The molecule has 2 aromatic carbocycles. The summed E-state index contributed by atoms with van der Waals surface area (Å²) in [4.78, 5) is 23.7. The Balaban J connectivity index is 2.00. The average Bonchev–Trinajstić information content (AvgIpc) is 2.52. The minimum Gasteiger partial charge on any atom is -0.484 e. The first kappa shape index (κ1) is 18.5. The lowest BCUT2D eigenvalue weighted by molar-refractivity contribution is -0.118. The average molecular weight is 340 g/mol. The van der Waals surface area contributed by atoms with E-state index in [1.54, 1.807) is 25.1 Å². The molecule has 0 spiro atoms. The van der Waals surface area contributed by atoms with Crippen LogP contribution in [0.4, 0.5) is 5.69 Å².